The minimum absolute atomic E-state index is 0.0315. The van der Waals surface area contributed by atoms with Crippen LogP contribution in [0.25, 0.3) is 0 Å². The van der Waals surface area contributed by atoms with Crippen molar-refractivity contribution in [3.8, 4) is 0 Å². The Morgan fingerprint density at radius 3 is 2.22 bits per heavy atom. The van der Waals surface area contributed by atoms with Crippen LogP contribution >= 0.6 is 0 Å². The van der Waals surface area contributed by atoms with Gasteiger partial charge in [0.05, 0.1) is 0 Å². The van der Waals surface area contributed by atoms with E-state index in [4.69, 9.17) is 10.2 Å². The van der Waals surface area contributed by atoms with Crippen molar-refractivity contribution in [2.75, 3.05) is 0 Å². The molecule has 0 bridgehead atoms. The number of carboxylic acid groups (broad SMARTS) is 1. The normalized spacial score (nSPS) is 15.6. The minimum atomic E-state index is -2.22. The average molecular weight is 260 g/mol. The van der Waals surface area contributed by atoms with E-state index in [2.05, 4.69) is 4.74 Å². The third-order valence-corrected chi connectivity index (χ3v) is 2.59. The van der Waals surface area contributed by atoms with Crippen molar-refractivity contribution in [3.05, 3.63) is 0 Å². The Kier molecular flexibility index (Phi) is 6.54. The molecule has 0 aliphatic carbocycles. The second kappa shape index (κ2) is 7.10. The summed E-state index contributed by atoms with van der Waals surface area (Å²) in [5, 5.41) is 18.0. The van der Waals surface area contributed by atoms with Gasteiger partial charge in [0.1, 0.15) is 6.10 Å². The van der Waals surface area contributed by atoms with E-state index in [1.165, 1.54) is 0 Å². The highest BCUT2D eigenvalue weighted by atomic mass is 16.6. The number of Topliss-reactive ketones (excluding diaryl/α,β-unsaturated/α-hetero) is 1. The van der Waals surface area contributed by atoms with Crippen molar-refractivity contribution in [1.82, 2.24) is 0 Å². The molecule has 2 N–H and O–H groups in total. The zero-order valence-electron chi connectivity index (χ0n) is 10.9. The van der Waals surface area contributed by atoms with Crippen LogP contribution in [0.2, 0.25) is 0 Å². The number of carboxylic acids is 1. The van der Waals surface area contributed by atoms with E-state index in [0.29, 0.717) is 6.42 Å². The molecule has 0 saturated carbocycles. The van der Waals surface area contributed by atoms with Crippen LogP contribution in [-0.4, -0.2) is 39.6 Å². The first-order valence-electron chi connectivity index (χ1n) is 5.93. The molecule has 104 valence electrons. The smallest absolute Gasteiger partial charge is 0.355 e. The first-order valence-corrected chi connectivity index (χ1v) is 5.93. The molecule has 6 nitrogen and oxygen atoms in total. The van der Waals surface area contributed by atoms with Gasteiger partial charge in [0.25, 0.3) is 5.60 Å². The largest absolute Gasteiger partial charge is 0.478 e. The predicted octanol–water partition coefficient (Wildman–Crippen LogP) is 0.903. The average Bonchev–Trinajstić information content (AvgIpc) is 2.28. The topological polar surface area (TPSA) is 101 Å². The number of aliphatic hydroxyl groups excluding tert-OH is 1. The van der Waals surface area contributed by atoms with Gasteiger partial charge in [0.2, 0.25) is 0 Å². The van der Waals surface area contributed by atoms with E-state index >= 15 is 0 Å². The maximum atomic E-state index is 11.8. The second-order valence-electron chi connectivity index (χ2n) is 4.32. The van der Waals surface area contributed by atoms with Gasteiger partial charge in [-0.1, -0.05) is 19.8 Å². The summed E-state index contributed by atoms with van der Waals surface area (Å²) in [7, 11) is 0. The molecule has 6 heteroatoms. The number of hydrogen-bond acceptors (Lipinski definition) is 5. The van der Waals surface area contributed by atoms with Crippen LogP contribution in [0.1, 0.15) is 46.5 Å². The van der Waals surface area contributed by atoms with E-state index in [0.717, 1.165) is 26.7 Å². The van der Waals surface area contributed by atoms with E-state index in [1.54, 1.807) is 0 Å². The molecule has 0 aliphatic rings. The molecule has 2 atom stereocenters. The molecular weight excluding hydrogens is 240 g/mol. The van der Waals surface area contributed by atoms with Gasteiger partial charge in [0.15, 0.2) is 5.78 Å². The summed E-state index contributed by atoms with van der Waals surface area (Å²) in [6, 6.07) is 0. The summed E-state index contributed by atoms with van der Waals surface area (Å²) in [6.07, 6.45) is 0.803. The van der Waals surface area contributed by atoms with E-state index in [1.807, 2.05) is 6.92 Å². The molecule has 0 fully saturated rings. The fourth-order valence-corrected chi connectivity index (χ4v) is 1.28. The summed E-state index contributed by atoms with van der Waals surface area (Å²) in [5.41, 5.74) is -2.22. The Hall–Kier alpha value is -1.43. The lowest BCUT2D eigenvalue weighted by atomic mass is 9.96. The number of unbranched alkanes of at least 4 members (excludes halogenated alkanes) is 2. The number of hydrogen-bond donors (Lipinski definition) is 2. The summed E-state index contributed by atoms with van der Waals surface area (Å²) in [4.78, 5) is 34.1. The maximum Gasteiger partial charge on any atom is 0.355 e. The molecular formula is C12H20O6. The van der Waals surface area contributed by atoms with Gasteiger partial charge in [0, 0.05) is 6.42 Å². The fraction of sp³-hybridized carbons (Fsp3) is 0.750. The number of carbonyl (C=O) groups is 3. The first kappa shape index (κ1) is 16.6. The molecule has 0 aromatic carbocycles. The number of esters is 1. The van der Waals surface area contributed by atoms with Crippen molar-refractivity contribution >= 4 is 17.7 Å². The molecule has 0 saturated heterocycles. The van der Waals surface area contributed by atoms with Crippen LogP contribution in [0.3, 0.4) is 0 Å². The van der Waals surface area contributed by atoms with Crippen molar-refractivity contribution < 1.29 is 29.3 Å². The Morgan fingerprint density at radius 1 is 1.28 bits per heavy atom. The molecule has 18 heavy (non-hydrogen) atoms. The molecule has 0 spiro atoms. The lowest BCUT2D eigenvalue weighted by Gasteiger charge is -2.24. The molecule has 0 amide bonds. The van der Waals surface area contributed by atoms with Gasteiger partial charge in [-0.25, -0.2) is 9.59 Å². The summed E-state index contributed by atoms with van der Waals surface area (Å²) >= 11 is 0. The summed E-state index contributed by atoms with van der Waals surface area (Å²) in [5.74, 6) is -3.32. The number of ketones is 1. The molecule has 0 aromatic heterocycles. The van der Waals surface area contributed by atoms with Crippen LogP contribution in [0, 0.1) is 0 Å². The monoisotopic (exact) mass is 260 g/mol. The van der Waals surface area contributed by atoms with Crippen molar-refractivity contribution in [1.29, 1.82) is 0 Å². The van der Waals surface area contributed by atoms with Crippen LogP contribution in [0.4, 0.5) is 0 Å². The highest BCUT2D eigenvalue weighted by molar-refractivity contribution is 6.07. The van der Waals surface area contributed by atoms with E-state index in [9.17, 15) is 14.4 Å². The van der Waals surface area contributed by atoms with Crippen molar-refractivity contribution in [2.45, 2.75) is 58.2 Å². The zero-order valence-corrected chi connectivity index (χ0v) is 10.9. The Bertz CT molecular complexity index is 323. The van der Waals surface area contributed by atoms with Crippen LogP contribution < -0.4 is 0 Å². The zero-order chi connectivity index (χ0) is 14.3. The standard InChI is InChI=1S/C12H20O6/c1-4-5-6-7-9(14)12(3,11(16)17)18-10(15)8(2)13/h8,13H,4-7H2,1-3H3,(H,16,17). The third-order valence-electron chi connectivity index (χ3n) is 2.59. The highest BCUT2D eigenvalue weighted by Crippen LogP contribution is 2.18. The number of aliphatic hydroxyl groups is 1. The molecule has 0 heterocycles. The Labute approximate surface area is 106 Å². The van der Waals surface area contributed by atoms with Crippen molar-refractivity contribution in [2.24, 2.45) is 0 Å². The van der Waals surface area contributed by atoms with Crippen LogP contribution in [0.15, 0.2) is 0 Å². The van der Waals surface area contributed by atoms with Crippen LogP contribution in [-0.2, 0) is 19.1 Å². The first-order chi connectivity index (χ1) is 8.25. The number of aliphatic carboxylic acids is 1. The molecule has 0 aliphatic heterocycles. The molecule has 2 unspecified atom stereocenters. The SMILES string of the molecule is CCCCCC(=O)C(C)(OC(=O)C(C)O)C(=O)O. The maximum absolute atomic E-state index is 11.8. The quantitative estimate of drug-likeness (QED) is 0.382. The van der Waals surface area contributed by atoms with Gasteiger partial charge in [-0.15, -0.1) is 0 Å². The molecule has 0 aromatic rings. The van der Waals surface area contributed by atoms with Gasteiger partial charge in [-0.3, -0.25) is 4.79 Å². The second-order valence-corrected chi connectivity index (χ2v) is 4.32. The number of rotatable bonds is 8. The third kappa shape index (κ3) is 4.44. The molecule has 0 radical (unpaired) electrons. The highest BCUT2D eigenvalue weighted by Gasteiger charge is 2.45. The Balaban J connectivity index is 4.76. The van der Waals surface area contributed by atoms with E-state index < -0.39 is 29.4 Å². The Morgan fingerprint density at radius 2 is 1.83 bits per heavy atom. The van der Waals surface area contributed by atoms with Gasteiger partial charge < -0.3 is 14.9 Å². The predicted molar refractivity (Wildman–Crippen MR) is 63.0 cm³/mol. The van der Waals surface area contributed by atoms with Gasteiger partial charge >= 0.3 is 11.9 Å². The van der Waals surface area contributed by atoms with E-state index in [-0.39, 0.29) is 6.42 Å². The lowest BCUT2D eigenvalue weighted by Crippen LogP contribution is -2.49. The minimum Gasteiger partial charge on any atom is -0.478 e. The lowest BCUT2D eigenvalue weighted by molar-refractivity contribution is -0.185. The summed E-state index contributed by atoms with van der Waals surface area (Å²) < 4.78 is 4.62. The summed E-state index contributed by atoms with van der Waals surface area (Å²) in [6.45, 7) is 4.13. The van der Waals surface area contributed by atoms with Crippen LogP contribution in [0.5, 0.6) is 0 Å². The fourth-order valence-electron chi connectivity index (χ4n) is 1.28. The molecule has 0 rings (SSSR count). The number of carbonyl (C=O) groups excluding carboxylic acids is 2. The van der Waals surface area contributed by atoms with Gasteiger partial charge in [-0.2, -0.15) is 0 Å². The number of ether oxygens (including phenoxy) is 1. The van der Waals surface area contributed by atoms with Gasteiger partial charge in [-0.05, 0) is 20.3 Å². The van der Waals surface area contributed by atoms with Crippen molar-refractivity contribution in [3.63, 3.8) is 0 Å².